The molecule has 2 amide bonds. The first-order chi connectivity index (χ1) is 10.4. The molecule has 1 aromatic heterocycles. The normalized spacial score (nSPS) is 18.1. The van der Waals surface area contributed by atoms with Crippen LogP contribution in [-0.4, -0.2) is 57.9 Å². The van der Waals surface area contributed by atoms with Gasteiger partial charge in [-0.05, 0) is 13.8 Å². The van der Waals surface area contributed by atoms with Gasteiger partial charge in [0.15, 0.2) is 0 Å². The lowest BCUT2D eigenvalue weighted by molar-refractivity contribution is -0.133. The van der Waals surface area contributed by atoms with E-state index >= 15 is 0 Å². The molecular weight excluding hydrogens is 318 g/mol. The smallest absolute Gasteiger partial charge is 0.267 e. The zero-order valence-corrected chi connectivity index (χ0v) is 15.4. The molecule has 0 aromatic carbocycles. The highest BCUT2D eigenvalue weighted by Gasteiger charge is 2.37. The van der Waals surface area contributed by atoms with Gasteiger partial charge in [0.2, 0.25) is 5.91 Å². The third-order valence-electron chi connectivity index (χ3n) is 3.78. The minimum absolute atomic E-state index is 0.0205. The molecule has 22 heavy (non-hydrogen) atoms. The summed E-state index contributed by atoms with van der Waals surface area (Å²) in [6.07, 6.45) is 0. The van der Waals surface area contributed by atoms with Crippen molar-refractivity contribution in [3.05, 3.63) is 15.6 Å². The Kier molecular flexibility index (Phi) is 5.50. The van der Waals surface area contributed by atoms with E-state index in [9.17, 15) is 9.59 Å². The Morgan fingerprint density at radius 1 is 1.45 bits per heavy atom. The maximum Gasteiger partial charge on any atom is 0.267 e. The van der Waals surface area contributed by atoms with Gasteiger partial charge in [-0.25, -0.2) is 4.98 Å². The third kappa shape index (κ3) is 3.30. The van der Waals surface area contributed by atoms with Crippen LogP contribution >= 0.6 is 23.1 Å². The summed E-state index contributed by atoms with van der Waals surface area (Å²) < 4.78 is 0. The number of likely N-dealkylation sites (N-methyl/N-ethyl adjacent to an activating group) is 1. The van der Waals surface area contributed by atoms with Crippen molar-refractivity contribution < 1.29 is 9.59 Å². The Hall–Kier alpha value is -1.08. The third-order valence-corrected chi connectivity index (χ3v) is 6.24. The molecule has 0 N–H and O–H groups in total. The lowest BCUT2D eigenvalue weighted by Crippen LogP contribution is -2.47. The SMILES string of the molecule is CCN(C)C(=O)[C@@H]1CSCN1C(=O)c1sc(C(C)C)nc1C. The molecular formula is C15H23N3O2S2. The van der Waals surface area contributed by atoms with E-state index in [1.165, 1.54) is 11.3 Å². The lowest BCUT2D eigenvalue weighted by Gasteiger charge is -2.26. The number of thiazole rings is 1. The number of rotatable bonds is 4. The predicted octanol–water partition coefficient (Wildman–Crippen LogP) is 2.57. The molecule has 2 heterocycles. The van der Waals surface area contributed by atoms with Gasteiger partial charge in [-0.1, -0.05) is 13.8 Å². The summed E-state index contributed by atoms with van der Waals surface area (Å²) >= 11 is 3.08. The summed E-state index contributed by atoms with van der Waals surface area (Å²) in [6, 6.07) is -0.355. The average molecular weight is 342 g/mol. The van der Waals surface area contributed by atoms with Crippen molar-refractivity contribution in [1.29, 1.82) is 0 Å². The molecule has 0 saturated carbocycles. The molecule has 0 aliphatic carbocycles. The number of aromatic nitrogens is 1. The van der Waals surface area contributed by atoms with Crippen LogP contribution in [-0.2, 0) is 4.79 Å². The van der Waals surface area contributed by atoms with Crippen LogP contribution in [0.4, 0.5) is 0 Å². The number of hydrogen-bond donors (Lipinski definition) is 0. The number of carbonyl (C=O) groups is 2. The van der Waals surface area contributed by atoms with E-state index in [-0.39, 0.29) is 17.9 Å². The minimum atomic E-state index is -0.355. The molecule has 7 heteroatoms. The highest BCUT2D eigenvalue weighted by atomic mass is 32.2. The van der Waals surface area contributed by atoms with Crippen LogP contribution in [0.25, 0.3) is 0 Å². The van der Waals surface area contributed by atoms with Crippen LogP contribution in [0.5, 0.6) is 0 Å². The van der Waals surface area contributed by atoms with Crippen LogP contribution in [0, 0.1) is 6.92 Å². The van der Waals surface area contributed by atoms with Crippen LogP contribution in [0.1, 0.15) is 47.1 Å². The Morgan fingerprint density at radius 3 is 2.68 bits per heavy atom. The van der Waals surface area contributed by atoms with Gasteiger partial charge in [-0.2, -0.15) is 0 Å². The van der Waals surface area contributed by atoms with Crippen molar-refractivity contribution in [2.24, 2.45) is 0 Å². The predicted molar refractivity (Wildman–Crippen MR) is 91.5 cm³/mol. The first-order valence-corrected chi connectivity index (χ1v) is 9.44. The van der Waals surface area contributed by atoms with Gasteiger partial charge in [0, 0.05) is 25.3 Å². The molecule has 122 valence electrons. The van der Waals surface area contributed by atoms with Gasteiger partial charge in [0.25, 0.3) is 5.91 Å². The van der Waals surface area contributed by atoms with E-state index in [2.05, 4.69) is 18.8 Å². The van der Waals surface area contributed by atoms with Gasteiger partial charge in [-0.15, -0.1) is 23.1 Å². The van der Waals surface area contributed by atoms with E-state index in [0.717, 1.165) is 10.7 Å². The standard InChI is InChI=1S/C15H23N3O2S2/c1-6-17(5)14(19)11-7-21-8-18(11)15(20)12-10(4)16-13(22-12)9(2)3/h9,11H,6-8H2,1-5H3/t11-/m0/s1. The number of aryl methyl sites for hydroxylation is 1. The average Bonchev–Trinajstić information content (AvgIpc) is 3.11. The molecule has 1 saturated heterocycles. The summed E-state index contributed by atoms with van der Waals surface area (Å²) in [4.78, 5) is 33.8. The number of hydrogen-bond acceptors (Lipinski definition) is 5. The summed E-state index contributed by atoms with van der Waals surface area (Å²) in [6.45, 7) is 8.60. The lowest BCUT2D eigenvalue weighted by atomic mass is 10.2. The summed E-state index contributed by atoms with van der Waals surface area (Å²) in [7, 11) is 1.78. The highest BCUT2D eigenvalue weighted by molar-refractivity contribution is 7.99. The summed E-state index contributed by atoms with van der Waals surface area (Å²) in [5.41, 5.74) is 0.769. The van der Waals surface area contributed by atoms with Crippen LogP contribution in [0.15, 0.2) is 0 Å². The molecule has 0 bridgehead atoms. The van der Waals surface area contributed by atoms with E-state index < -0.39 is 0 Å². The fourth-order valence-corrected chi connectivity index (χ4v) is 4.42. The molecule has 1 aliphatic rings. The van der Waals surface area contributed by atoms with E-state index in [0.29, 0.717) is 29.0 Å². The molecule has 0 spiro atoms. The van der Waals surface area contributed by atoms with Gasteiger partial charge in [-0.3, -0.25) is 9.59 Å². The molecule has 1 atom stereocenters. The Bertz CT molecular complexity index is 571. The highest BCUT2D eigenvalue weighted by Crippen LogP contribution is 2.30. The van der Waals surface area contributed by atoms with Crippen molar-refractivity contribution in [1.82, 2.24) is 14.8 Å². The van der Waals surface area contributed by atoms with Gasteiger partial charge in [0.1, 0.15) is 10.9 Å². The Morgan fingerprint density at radius 2 is 2.14 bits per heavy atom. The Balaban J connectivity index is 2.23. The quantitative estimate of drug-likeness (QED) is 0.845. The molecule has 0 unspecified atom stereocenters. The first kappa shape index (κ1) is 17.3. The maximum atomic E-state index is 12.8. The Labute approximate surface area is 140 Å². The van der Waals surface area contributed by atoms with Gasteiger partial charge >= 0.3 is 0 Å². The number of carbonyl (C=O) groups excluding carboxylic acids is 2. The summed E-state index contributed by atoms with van der Waals surface area (Å²) in [5.74, 6) is 1.51. The monoisotopic (exact) mass is 341 g/mol. The summed E-state index contributed by atoms with van der Waals surface area (Å²) in [5, 5.41) is 0.973. The number of nitrogens with zero attached hydrogens (tertiary/aromatic N) is 3. The second-order valence-corrected chi connectivity index (χ2v) is 7.79. The van der Waals surface area contributed by atoms with Crippen LogP contribution in [0.2, 0.25) is 0 Å². The largest absolute Gasteiger partial charge is 0.344 e. The van der Waals surface area contributed by atoms with Crippen molar-refractivity contribution in [2.45, 2.75) is 39.7 Å². The second-order valence-electron chi connectivity index (χ2n) is 5.76. The molecule has 5 nitrogen and oxygen atoms in total. The van der Waals surface area contributed by atoms with Gasteiger partial charge < -0.3 is 9.80 Å². The number of amides is 2. The zero-order valence-electron chi connectivity index (χ0n) is 13.8. The van der Waals surface area contributed by atoms with E-state index in [4.69, 9.17) is 0 Å². The van der Waals surface area contributed by atoms with Crippen molar-refractivity contribution in [3.63, 3.8) is 0 Å². The van der Waals surface area contributed by atoms with Crippen molar-refractivity contribution >= 4 is 34.9 Å². The fraction of sp³-hybridized carbons (Fsp3) is 0.667. The van der Waals surface area contributed by atoms with E-state index in [1.54, 1.807) is 28.6 Å². The molecule has 2 rings (SSSR count). The molecule has 1 aromatic rings. The number of thioether (sulfide) groups is 1. The van der Waals surface area contributed by atoms with Crippen LogP contribution < -0.4 is 0 Å². The van der Waals surface area contributed by atoms with Crippen molar-refractivity contribution in [2.75, 3.05) is 25.2 Å². The van der Waals surface area contributed by atoms with Crippen LogP contribution in [0.3, 0.4) is 0 Å². The van der Waals surface area contributed by atoms with Gasteiger partial charge in [0.05, 0.1) is 16.6 Å². The first-order valence-electron chi connectivity index (χ1n) is 7.47. The molecule has 0 radical (unpaired) electrons. The fourth-order valence-electron chi connectivity index (χ4n) is 2.25. The molecule has 1 aliphatic heterocycles. The van der Waals surface area contributed by atoms with E-state index in [1.807, 2.05) is 13.8 Å². The minimum Gasteiger partial charge on any atom is -0.344 e. The van der Waals surface area contributed by atoms with Crippen molar-refractivity contribution in [3.8, 4) is 0 Å². The maximum absolute atomic E-state index is 12.8. The second kappa shape index (κ2) is 7.00. The molecule has 1 fully saturated rings. The topological polar surface area (TPSA) is 53.5 Å². The zero-order chi connectivity index (χ0) is 16.4.